The molecule has 7 heteroatoms. The van der Waals surface area contributed by atoms with E-state index in [1.807, 2.05) is 0 Å². The van der Waals surface area contributed by atoms with Crippen molar-refractivity contribution in [3.05, 3.63) is 48.0 Å². The van der Waals surface area contributed by atoms with Gasteiger partial charge in [0.15, 0.2) is 0 Å². The summed E-state index contributed by atoms with van der Waals surface area (Å²) in [5, 5.41) is 12.1. The van der Waals surface area contributed by atoms with E-state index in [1.165, 1.54) is 19.2 Å². The van der Waals surface area contributed by atoms with Gasteiger partial charge < -0.3 is 11.1 Å². The Morgan fingerprint density at radius 2 is 1.90 bits per heavy atom. The third kappa shape index (κ3) is 3.13. The van der Waals surface area contributed by atoms with Crippen molar-refractivity contribution in [2.24, 2.45) is 0 Å². The lowest BCUT2D eigenvalue weighted by atomic mass is 10.2. The normalized spacial score (nSPS) is 10.9. The number of nitrogens with two attached hydrogens (primary N) is 1. The van der Waals surface area contributed by atoms with Crippen LogP contribution >= 0.6 is 0 Å². The van der Waals surface area contributed by atoms with Crippen LogP contribution in [0.2, 0.25) is 0 Å². The summed E-state index contributed by atoms with van der Waals surface area (Å²) in [6.45, 7) is 0. The summed E-state index contributed by atoms with van der Waals surface area (Å²) in [5.74, 6) is 0. The SMILES string of the molecule is CNS(=O)(=O)c1ccc(Nc2ccccc2C#N)cc1N. The van der Waals surface area contributed by atoms with Gasteiger partial charge in [-0.25, -0.2) is 13.1 Å². The lowest BCUT2D eigenvalue weighted by molar-refractivity contribution is 0.588. The molecular weight excluding hydrogens is 288 g/mol. The zero-order valence-electron chi connectivity index (χ0n) is 11.3. The van der Waals surface area contributed by atoms with Crippen LogP contribution in [0.15, 0.2) is 47.4 Å². The fourth-order valence-corrected chi connectivity index (χ4v) is 2.66. The molecule has 0 atom stereocenters. The highest BCUT2D eigenvalue weighted by molar-refractivity contribution is 7.89. The molecule has 0 radical (unpaired) electrons. The molecule has 0 unspecified atom stereocenters. The van der Waals surface area contributed by atoms with E-state index in [0.29, 0.717) is 16.9 Å². The number of nitrogen functional groups attached to an aromatic ring is 1. The van der Waals surface area contributed by atoms with E-state index in [9.17, 15) is 8.42 Å². The molecule has 6 nitrogen and oxygen atoms in total. The average Bonchev–Trinajstić information content (AvgIpc) is 2.47. The van der Waals surface area contributed by atoms with E-state index in [4.69, 9.17) is 11.0 Å². The van der Waals surface area contributed by atoms with Crippen molar-refractivity contribution >= 4 is 27.1 Å². The molecule has 0 amide bonds. The Balaban J connectivity index is 2.36. The van der Waals surface area contributed by atoms with Crippen LogP contribution in [0.25, 0.3) is 0 Å². The Kier molecular flexibility index (Phi) is 4.12. The van der Waals surface area contributed by atoms with Crippen molar-refractivity contribution in [1.82, 2.24) is 4.72 Å². The molecule has 2 rings (SSSR count). The van der Waals surface area contributed by atoms with Crippen LogP contribution < -0.4 is 15.8 Å². The molecule has 21 heavy (non-hydrogen) atoms. The summed E-state index contributed by atoms with van der Waals surface area (Å²) in [6, 6.07) is 13.6. The smallest absolute Gasteiger partial charge is 0.242 e. The summed E-state index contributed by atoms with van der Waals surface area (Å²) in [4.78, 5) is 0.0177. The zero-order chi connectivity index (χ0) is 15.5. The number of anilines is 3. The topological polar surface area (TPSA) is 108 Å². The first-order valence-electron chi connectivity index (χ1n) is 6.07. The molecule has 0 spiro atoms. The molecule has 0 aliphatic rings. The minimum atomic E-state index is -3.59. The number of benzene rings is 2. The first-order chi connectivity index (χ1) is 9.97. The van der Waals surface area contributed by atoms with E-state index in [0.717, 1.165) is 0 Å². The van der Waals surface area contributed by atoms with Gasteiger partial charge in [0, 0.05) is 5.69 Å². The van der Waals surface area contributed by atoms with Crippen LogP contribution in [0.5, 0.6) is 0 Å². The molecule has 0 aliphatic carbocycles. The molecule has 0 heterocycles. The van der Waals surface area contributed by atoms with Gasteiger partial charge in [0.05, 0.1) is 16.9 Å². The Morgan fingerprint density at radius 3 is 2.52 bits per heavy atom. The highest BCUT2D eigenvalue weighted by Crippen LogP contribution is 2.26. The Bertz CT molecular complexity index is 810. The maximum absolute atomic E-state index is 11.7. The maximum Gasteiger partial charge on any atom is 0.242 e. The molecule has 0 saturated heterocycles. The number of nitrogens with zero attached hydrogens (tertiary/aromatic N) is 1. The van der Waals surface area contributed by atoms with Gasteiger partial charge in [-0.3, -0.25) is 0 Å². The predicted octanol–water partition coefficient (Wildman–Crippen LogP) is 1.79. The fourth-order valence-electron chi connectivity index (χ4n) is 1.83. The van der Waals surface area contributed by atoms with Crippen molar-refractivity contribution in [1.29, 1.82) is 5.26 Å². The highest BCUT2D eigenvalue weighted by atomic mass is 32.2. The van der Waals surface area contributed by atoms with E-state index >= 15 is 0 Å². The third-order valence-electron chi connectivity index (χ3n) is 2.89. The highest BCUT2D eigenvalue weighted by Gasteiger charge is 2.15. The van der Waals surface area contributed by atoms with Crippen LogP contribution in [-0.2, 0) is 10.0 Å². The van der Waals surface area contributed by atoms with E-state index in [-0.39, 0.29) is 10.6 Å². The molecular formula is C14H14N4O2S. The first kappa shape index (κ1) is 14.8. The van der Waals surface area contributed by atoms with Crippen molar-refractivity contribution < 1.29 is 8.42 Å². The van der Waals surface area contributed by atoms with Crippen LogP contribution in [0.3, 0.4) is 0 Å². The molecule has 108 valence electrons. The van der Waals surface area contributed by atoms with E-state index in [1.54, 1.807) is 30.3 Å². The molecule has 0 bridgehead atoms. The number of rotatable bonds is 4. The maximum atomic E-state index is 11.7. The van der Waals surface area contributed by atoms with Crippen molar-refractivity contribution in [3.63, 3.8) is 0 Å². The molecule has 0 aliphatic heterocycles. The second-order valence-electron chi connectivity index (χ2n) is 4.24. The van der Waals surface area contributed by atoms with Gasteiger partial charge in [-0.2, -0.15) is 5.26 Å². The second kappa shape index (κ2) is 5.83. The van der Waals surface area contributed by atoms with Gasteiger partial charge in [0.1, 0.15) is 11.0 Å². The average molecular weight is 302 g/mol. The summed E-state index contributed by atoms with van der Waals surface area (Å²) < 4.78 is 25.7. The molecule has 0 saturated carbocycles. The van der Waals surface area contributed by atoms with Crippen LogP contribution in [0, 0.1) is 11.3 Å². The quantitative estimate of drug-likeness (QED) is 0.746. The molecule has 2 aromatic rings. The summed E-state index contributed by atoms with van der Waals surface area (Å²) in [5.41, 5.74) is 7.63. The van der Waals surface area contributed by atoms with Gasteiger partial charge in [-0.15, -0.1) is 0 Å². The molecule has 0 aromatic heterocycles. The van der Waals surface area contributed by atoms with Crippen molar-refractivity contribution in [2.75, 3.05) is 18.1 Å². The Hall–Kier alpha value is -2.56. The first-order valence-corrected chi connectivity index (χ1v) is 7.55. The van der Waals surface area contributed by atoms with Crippen molar-refractivity contribution in [3.8, 4) is 6.07 Å². The molecule has 2 aromatic carbocycles. The number of nitriles is 1. The number of sulfonamides is 1. The fraction of sp³-hybridized carbons (Fsp3) is 0.0714. The van der Waals surface area contributed by atoms with Crippen molar-refractivity contribution in [2.45, 2.75) is 4.90 Å². The van der Waals surface area contributed by atoms with E-state index in [2.05, 4.69) is 16.1 Å². The Labute approximate surface area is 123 Å². The molecule has 0 fully saturated rings. The van der Waals surface area contributed by atoms with Crippen LogP contribution in [0.4, 0.5) is 17.1 Å². The van der Waals surface area contributed by atoms with E-state index < -0.39 is 10.0 Å². The monoisotopic (exact) mass is 302 g/mol. The lowest BCUT2D eigenvalue weighted by Crippen LogP contribution is -2.19. The summed E-state index contributed by atoms with van der Waals surface area (Å²) >= 11 is 0. The van der Waals surface area contributed by atoms with Gasteiger partial charge in [0.2, 0.25) is 10.0 Å². The van der Waals surface area contributed by atoms with Gasteiger partial charge in [-0.05, 0) is 37.4 Å². The number of para-hydroxylation sites is 1. The number of hydrogen-bond acceptors (Lipinski definition) is 5. The summed E-state index contributed by atoms with van der Waals surface area (Å²) in [6.07, 6.45) is 0. The third-order valence-corrected chi connectivity index (χ3v) is 4.38. The largest absolute Gasteiger partial charge is 0.398 e. The molecule has 4 N–H and O–H groups in total. The number of hydrogen-bond donors (Lipinski definition) is 3. The second-order valence-corrected chi connectivity index (χ2v) is 6.10. The minimum absolute atomic E-state index is 0.0177. The van der Waals surface area contributed by atoms with Gasteiger partial charge in [-0.1, -0.05) is 12.1 Å². The predicted molar refractivity (Wildman–Crippen MR) is 81.5 cm³/mol. The lowest BCUT2D eigenvalue weighted by Gasteiger charge is -2.11. The van der Waals surface area contributed by atoms with Crippen LogP contribution in [-0.4, -0.2) is 15.5 Å². The van der Waals surface area contributed by atoms with Crippen LogP contribution in [0.1, 0.15) is 5.56 Å². The van der Waals surface area contributed by atoms with Gasteiger partial charge in [0.25, 0.3) is 0 Å². The van der Waals surface area contributed by atoms with Gasteiger partial charge >= 0.3 is 0 Å². The Morgan fingerprint density at radius 1 is 1.19 bits per heavy atom. The standard InChI is InChI=1S/C14H14N4O2S/c1-17-21(19,20)14-7-6-11(8-12(14)16)18-13-5-3-2-4-10(13)9-15/h2-8,17-18H,16H2,1H3. The zero-order valence-corrected chi connectivity index (χ0v) is 12.1. The minimum Gasteiger partial charge on any atom is -0.398 e. The number of nitrogens with one attached hydrogen (secondary N) is 2. The summed E-state index contributed by atoms with van der Waals surface area (Å²) in [7, 11) is -2.26.